The number of aliphatic imine (C=N–C) groups is 1. The maximum Gasteiger partial charge on any atom is 0.256 e. The summed E-state index contributed by atoms with van der Waals surface area (Å²) < 4.78 is 0. The van der Waals surface area contributed by atoms with Crippen molar-refractivity contribution in [1.29, 1.82) is 0 Å². The van der Waals surface area contributed by atoms with Gasteiger partial charge in [0.25, 0.3) is 5.91 Å². The van der Waals surface area contributed by atoms with E-state index in [2.05, 4.69) is 20.5 Å². The van der Waals surface area contributed by atoms with E-state index in [1.54, 1.807) is 6.21 Å². The molecule has 6 nitrogen and oxygen atoms in total. The maximum atomic E-state index is 11.8. The fourth-order valence-corrected chi connectivity index (χ4v) is 2.20. The van der Waals surface area contributed by atoms with Crippen LogP contribution in [0.2, 0.25) is 0 Å². The molecule has 0 atom stereocenters. The van der Waals surface area contributed by atoms with E-state index in [9.17, 15) is 4.79 Å². The minimum Gasteiger partial charge on any atom is -0.365 e. The molecule has 2 aromatic carbocycles. The number of aromatic amines is 1. The summed E-state index contributed by atoms with van der Waals surface area (Å²) in [5.41, 5.74) is 8.61. The van der Waals surface area contributed by atoms with E-state index in [1.165, 1.54) is 5.56 Å². The Bertz CT molecular complexity index is 866. The molecule has 3 aromatic rings. The molecular formula is C18H17N5O. The number of aromatic nitrogens is 2. The number of carbonyl (C=O) groups excluding carboxylic acids is 1. The van der Waals surface area contributed by atoms with Gasteiger partial charge in [0.05, 0.1) is 0 Å². The Kier molecular flexibility index (Phi) is 4.38. The largest absolute Gasteiger partial charge is 0.365 e. The van der Waals surface area contributed by atoms with Crippen molar-refractivity contribution in [2.75, 3.05) is 5.32 Å². The van der Waals surface area contributed by atoms with Crippen LogP contribution in [0.3, 0.4) is 0 Å². The van der Waals surface area contributed by atoms with Crippen LogP contribution in [0.15, 0.2) is 59.6 Å². The number of H-pyrrole nitrogens is 1. The van der Waals surface area contributed by atoms with Gasteiger partial charge in [-0.3, -0.25) is 9.89 Å². The van der Waals surface area contributed by atoms with Crippen molar-refractivity contribution in [3.05, 3.63) is 71.3 Å². The standard InChI is InChI=1S/C18H17N5O/c1-12-7-9-13(10-8-12)11-20-17-15(16(19)24)18(23-22-17)21-14-5-3-2-4-6-14/h2-11H,1H3,(H2,19,24)(H2,21,22,23). The molecule has 0 aliphatic heterocycles. The summed E-state index contributed by atoms with van der Waals surface area (Å²) in [4.78, 5) is 16.1. The first kappa shape index (κ1) is 15.5. The number of amides is 1. The van der Waals surface area contributed by atoms with Crippen LogP contribution in [-0.2, 0) is 0 Å². The van der Waals surface area contributed by atoms with Crippen LogP contribution in [0, 0.1) is 6.92 Å². The van der Waals surface area contributed by atoms with E-state index in [1.807, 2.05) is 61.5 Å². The summed E-state index contributed by atoms with van der Waals surface area (Å²) in [5, 5.41) is 9.94. The van der Waals surface area contributed by atoms with Gasteiger partial charge in [0.2, 0.25) is 0 Å². The van der Waals surface area contributed by atoms with Gasteiger partial charge in [-0.2, -0.15) is 5.10 Å². The molecule has 0 bridgehead atoms. The lowest BCUT2D eigenvalue weighted by atomic mass is 10.2. The Hall–Kier alpha value is -3.41. The second-order valence-corrected chi connectivity index (χ2v) is 5.32. The second kappa shape index (κ2) is 6.78. The molecule has 120 valence electrons. The monoisotopic (exact) mass is 319 g/mol. The molecule has 0 aliphatic rings. The number of para-hydroxylation sites is 1. The number of rotatable bonds is 5. The summed E-state index contributed by atoms with van der Waals surface area (Å²) in [7, 11) is 0. The molecule has 0 radical (unpaired) electrons. The molecule has 0 unspecified atom stereocenters. The van der Waals surface area contributed by atoms with Crippen LogP contribution >= 0.6 is 0 Å². The number of aryl methyl sites for hydroxylation is 1. The number of hydrogen-bond donors (Lipinski definition) is 3. The van der Waals surface area contributed by atoms with Crippen molar-refractivity contribution in [3.63, 3.8) is 0 Å². The zero-order valence-electron chi connectivity index (χ0n) is 13.2. The molecule has 0 spiro atoms. The van der Waals surface area contributed by atoms with Gasteiger partial charge in [0, 0.05) is 11.9 Å². The highest BCUT2D eigenvalue weighted by atomic mass is 16.1. The van der Waals surface area contributed by atoms with Crippen molar-refractivity contribution < 1.29 is 4.79 Å². The minimum absolute atomic E-state index is 0.224. The molecule has 0 aliphatic carbocycles. The van der Waals surface area contributed by atoms with Crippen LogP contribution in [0.5, 0.6) is 0 Å². The van der Waals surface area contributed by atoms with Crippen molar-refractivity contribution >= 4 is 29.4 Å². The Morgan fingerprint density at radius 2 is 1.88 bits per heavy atom. The van der Waals surface area contributed by atoms with Gasteiger partial charge >= 0.3 is 0 Å². The normalized spacial score (nSPS) is 10.9. The fraction of sp³-hybridized carbons (Fsp3) is 0.0556. The first-order chi connectivity index (χ1) is 11.6. The number of benzene rings is 2. The zero-order chi connectivity index (χ0) is 16.9. The third-order valence-corrected chi connectivity index (χ3v) is 3.45. The summed E-state index contributed by atoms with van der Waals surface area (Å²) in [5.74, 6) is 0.0736. The fourth-order valence-electron chi connectivity index (χ4n) is 2.20. The summed E-state index contributed by atoms with van der Waals surface area (Å²) >= 11 is 0. The molecular weight excluding hydrogens is 302 g/mol. The summed E-state index contributed by atoms with van der Waals surface area (Å²) in [6, 6.07) is 17.3. The van der Waals surface area contributed by atoms with Gasteiger partial charge in [-0.15, -0.1) is 0 Å². The molecule has 1 aromatic heterocycles. The Labute approximate surface area is 139 Å². The lowest BCUT2D eigenvalue weighted by Gasteiger charge is -2.04. The lowest BCUT2D eigenvalue weighted by Crippen LogP contribution is -2.12. The van der Waals surface area contributed by atoms with Gasteiger partial charge in [-0.25, -0.2) is 4.99 Å². The second-order valence-electron chi connectivity index (χ2n) is 5.32. The summed E-state index contributed by atoms with van der Waals surface area (Å²) in [6.07, 6.45) is 1.65. The minimum atomic E-state index is -0.599. The quantitative estimate of drug-likeness (QED) is 0.629. The number of nitrogens with one attached hydrogen (secondary N) is 2. The Morgan fingerprint density at radius 1 is 1.17 bits per heavy atom. The molecule has 1 heterocycles. The van der Waals surface area contributed by atoms with Gasteiger partial charge in [0.15, 0.2) is 5.82 Å². The number of nitrogens with zero attached hydrogens (tertiary/aromatic N) is 2. The van der Waals surface area contributed by atoms with E-state index >= 15 is 0 Å². The first-order valence-corrected chi connectivity index (χ1v) is 7.44. The van der Waals surface area contributed by atoms with Gasteiger partial charge in [-0.05, 0) is 24.6 Å². The van der Waals surface area contributed by atoms with Crippen LogP contribution < -0.4 is 11.1 Å². The lowest BCUT2D eigenvalue weighted by molar-refractivity contribution is 0.100. The number of hydrogen-bond acceptors (Lipinski definition) is 4. The highest BCUT2D eigenvalue weighted by molar-refractivity contribution is 6.03. The third-order valence-electron chi connectivity index (χ3n) is 3.45. The Morgan fingerprint density at radius 3 is 2.54 bits per heavy atom. The average molecular weight is 319 g/mol. The van der Waals surface area contributed by atoms with E-state index in [0.717, 1.165) is 11.3 Å². The topological polar surface area (TPSA) is 96.2 Å². The molecule has 6 heteroatoms. The van der Waals surface area contributed by atoms with Crippen LogP contribution in [0.1, 0.15) is 21.5 Å². The van der Waals surface area contributed by atoms with E-state index in [0.29, 0.717) is 5.82 Å². The highest BCUT2D eigenvalue weighted by Crippen LogP contribution is 2.26. The SMILES string of the molecule is Cc1ccc(C=Nc2n[nH]c(Nc3ccccc3)c2C(N)=O)cc1. The molecule has 0 fully saturated rings. The van der Waals surface area contributed by atoms with Crippen molar-refractivity contribution in [3.8, 4) is 0 Å². The predicted octanol–water partition coefficient (Wildman–Crippen LogP) is 3.31. The van der Waals surface area contributed by atoms with E-state index in [-0.39, 0.29) is 11.4 Å². The molecule has 1 amide bonds. The number of carbonyl (C=O) groups is 1. The van der Waals surface area contributed by atoms with E-state index in [4.69, 9.17) is 5.73 Å². The molecule has 24 heavy (non-hydrogen) atoms. The van der Waals surface area contributed by atoms with Gasteiger partial charge in [-0.1, -0.05) is 48.0 Å². The number of nitrogens with two attached hydrogens (primary N) is 1. The summed E-state index contributed by atoms with van der Waals surface area (Å²) in [6.45, 7) is 2.02. The zero-order valence-corrected chi connectivity index (χ0v) is 13.2. The number of anilines is 2. The van der Waals surface area contributed by atoms with Crippen LogP contribution in [-0.4, -0.2) is 22.3 Å². The Balaban J connectivity index is 1.88. The van der Waals surface area contributed by atoms with Crippen molar-refractivity contribution in [1.82, 2.24) is 10.2 Å². The molecule has 3 rings (SSSR count). The van der Waals surface area contributed by atoms with Crippen LogP contribution in [0.25, 0.3) is 0 Å². The smallest absolute Gasteiger partial charge is 0.256 e. The van der Waals surface area contributed by atoms with Gasteiger partial charge < -0.3 is 11.1 Å². The molecule has 0 saturated carbocycles. The maximum absolute atomic E-state index is 11.8. The van der Waals surface area contributed by atoms with Crippen LogP contribution in [0.4, 0.5) is 17.3 Å². The van der Waals surface area contributed by atoms with E-state index < -0.39 is 5.91 Å². The molecule has 4 N–H and O–H groups in total. The highest BCUT2D eigenvalue weighted by Gasteiger charge is 2.17. The number of primary amides is 1. The average Bonchev–Trinajstić information content (AvgIpc) is 2.98. The third kappa shape index (κ3) is 3.49. The van der Waals surface area contributed by atoms with Gasteiger partial charge in [0.1, 0.15) is 11.4 Å². The first-order valence-electron chi connectivity index (χ1n) is 7.44. The van der Waals surface area contributed by atoms with Crippen molar-refractivity contribution in [2.45, 2.75) is 6.92 Å². The van der Waals surface area contributed by atoms with Crippen molar-refractivity contribution in [2.24, 2.45) is 10.7 Å². The molecule has 0 saturated heterocycles. The predicted molar refractivity (Wildman–Crippen MR) is 95.3 cm³/mol.